The zero-order chi connectivity index (χ0) is 22.7. The summed E-state index contributed by atoms with van der Waals surface area (Å²) in [6.45, 7) is -0.135. The first kappa shape index (κ1) is 23.3. The molecule has 1 amide bonds. The third kappa shape index (κ3) is 5.52. The van der Waals surface area contributed by atoms with Gasteiger partial charge in [0, 0.05) is 17.8 Å². The fraction of sp³-hybridized carbons (Fsp3) is 0.235. The summed E-state index contributed by atoms with van der Waals surface area (Å²) < 4.78 is 84.0. The average molecular weight is 440 g/mol. The SMILES string of the molecule is C[C@@](O)(COc1c(F)cc(F)cc1F)C(=O)Nc1ccc(NOO)c(C(F)(F)F)c1. The maximum Gasteiger partial charge on any atom is 0.418 e. The number of hydrogen-bond donors (Lipinski definition) is 4. The Labute approximate surface area is 164 Å². The Hall–Kier alpha value is -3.03. The van der Waals surface area contributed by atoms with E-state index in [0.29, 0.717) is 18.2 Å². The minimum atomic E-state index is -4.90. The largest absolute Gasteiger partial charge is 0.484 e. The van der Waals surface area contributed by atoms with Crippen LogP contribution >= 0.6 is 0 Å². The van der Waals surface area contributed by atoms with Gasteiger partial charge >= 0.3 is 6.18 Å². The molecule has 1 atom stereocenters. The van der Waals surface area contributed by atoms with Crippen LogP contribution in [0.3, 0.4) is 0 Å². The first-order valence-electron chi connectivity index (χ1n) is 7.94. The van der Waals surface area contributed by atoms with Crippen LogP contribution in [0.25, 0.3) is 0 Å². The van der Waals surface area contributed by atoms with E-state index in [4.69, 9.17) is 9.99 Å². The lowest BCUT2D eigenvalue weighted by atomic mass is 10.1. The van der Waals surface area contributed by atoms with Crippen molar-refractivity contribution in [1.29, 1.82) is 0 Å². The lowest BCUT2D eigenvalue weighted by Crippen LogP contribution is -2.45. The molecule has 2 rings (SSSR count). The van der Waals surface area contributed by atoms with Crippen molar-refractivity contribution in [3.05, 3.63) is 53.3 Å². The molecule has 2 aromatic carbocycles. The van der Waals surface area contributed by atoms with E-state index < -0.39 is 64.4 Å². The summed E-state index contributed by atoms with van der Waals surface area (Å²) in [5.74, 6) is -6.38. The third-order valence-electron chi connectivity index (χ3n) is 3.69. The van der Waals surface area contributed by atoms with E-state index in [2.05, 4.69) is 4.99 Å². The van der Waals surface area contributed by atoms with Gasteiger partial charge in [-0.15, -0.1) is 4.99 Å². The maximum atomic E-state index is 13.6. The van der Waals surface area contributed by atoms with Gasteiger partial charge in [0.2, 0.25) is 0 Å². The molecule has 0 aliphatic rings. The zero-order valence-electron chi connectivity index (χ0n) is 15.0. The predicted octanol–water partition coefficient (Wildman–Crippen LogP) is 3.71. The van der Waals surface area contributed by atoms with Crippen molar-refractivity contribution in [2.24, 2.45) is 0 Å². The highest BCUT2D eigenvalue weighted by Crippen LogP contribution is 2.36. The monoisotopic (exact) mass is 440 g/mol. The molecular formula is C17H14F6N2O5. The van der Waals surface area contributed by atoms with Crippen LogP contribution < -0.4 is 15.5 Å². The number of alkyl halides is 3. The van der Waals surface area contributed by atoms with Crippen LogP contribution in [0.15, 0.2) is 30.3 Å². The van der Waals surface area contributed by atoms with Gasteiger partial charge in [0.1, 0.15) is 12.4 Å². The Balaban J connectivity index is 2.16. The molecule has 2 aromatic rings. The van der Waals surface area contributed by atoms with Crippen LogP contribution in [-0.2, 0) is 16.0 Å². The minimum absolute atomic E-state index is 0.317. The zero-order valence-corrected chi connectivity index (χ0v) is 15.0. The summed E-state index contributed by atoms with van der Waals surface area (Å²) >= 11 is 0. The van der Waals surface area contributed by atoms with Crippen molar-refractivity contribution in [1.82, 2.24) is 0 Å². The van der Waals surface area contributed by atoms with Crippen molar-refractivity contribution >= 4 is 17.3 Å². The average Bonchev–Trinajstić information content (AvgIpc) is 2.61. The van der Waals surface area contributed by atoms with Crippen molar-refractivity contribution < 1.29 is 51.2 Å². The number of anilines is 2. The first-order chi connectivity index (χ1) is 13.8. The highest BCUT2D eigenvalue weighted by Gasteiger charge is 2.36. The summed E-state index contributed by atoms with van der Waals surface area (Å²) in [5.41, 5.74) is -3.24. The van der Waals surface area contributed by atoms with Gasteiger partial charge in [-0.2, -0.15) is 13.2 Å². The second-order valence-electron chi connectivity index (χ2n) is 6.17. The van der Waals surface area contributed by atoms with E-state index in [9.17, 15) is 36.2 Å². The molecule has 164 valence electrons. The van der Waals surface area contributed by atoms with Gasteiger partial charge in [-0.3, -0.25) is 4.79 Å². The molecule has 0 aromatic heterocycles. The molecule has 0 heterocycles. The predicted molar refractivity (Wildman–Crippen MR) is 89.8 cm³/mol. The first-order valence-corrected chi connectivity index (χ1v) is 7.94. The van der Waals surface area contributed by atoms with Gasteiger partial charge in [-0.05, 0) is 25.1 Å². The summed E-state index contributed by atoms with van der Waals surface area (Å²) in [5, 5.41) is 20.4. The van der Waals surface area contributed by atoms with Gasteiger partial charge < -0.3 is 15.2 Å². The van der Waals surface area contributed by atoms with Crippen LogP contribution in [-0.4, -0.2) is 28.5 Å². The fourth-order valence-corrected chi connectivity index (χ4v) is 2.21. The Morgan fingerprint density at radius 1 is 1.10 bits per heavy atom. The molecule has 7 nitrogen and oxygen atoms in total. The second kappa shape index (κ2) is 8.77. The van der Waals surface area contributed by atoms with Crippen LogP contribution in [0.4, 0.5) is 37.7 Å². The number of carbonyl (C=O) groups is 1. The number of rotatable bonds is 7. The highest BCUT2D eigenvalue weighted by atomic mass is 19.4. The third-order valence-corrected chi connectivity index (χ3v) is 3.69. The number of carbonyl (C=O) groups excluding carboxylic acids is 1. The van der Waals surface area contributed by atoms with E-state index >= 15 is 0 Å². The molecule has 13 heteroatoms. The van der Waals surface area contributed by atoms with Gasteiger partial charge in [-0.25, -0.2) is 23.9 Å². The minimum Gasteiger partial charge on any atom is -0.484 e. The molecule has 0 unspecified atom stereocenters. The fourth-order valence-electron chi connectivity index (χ4n) is 2.21. The Morgan fingerprint density at radius 3 is 2.23 bits per heavy atom. The lowest BCUT2D eigenvalue weighted by Gasteiger charge is -2.23. The standard InChI is InChI=1S/C17H14F6N2O5/c1-16(27,7-29-14-11(19)4-8(18)5-12(14)20)15(26)24-9-2-3-13(25-30-28)10(6-9)17(21,22)23/h2-6,25,27-28H,7H2,1H3,(H,24,26)/t16-/m1/s1. The topological polar surface area (TPSA) is 100 Å². The molecular weight excluding hydrogens is 426 g/mol. The smallest absolute Gasteiger partial charge is 0.418 e. The van der Waals surface area contributed by atoms with E-state index in [1.807, 2.05) is 5.32 Å². The number of aliphatic hydroxyl groups is 1. The summed E-state index contributed by atoms with van der Waals surface area (Å²) in [4.78, 5) is 15.7. The van der Waals surface area contributed by atoms with E-state index in [-0.39, 0.29) is 0 Å². The molecule has 0 fully saturated rings. The van der Waals surface area contributed by atoms with Crippen LogP contribution in [0.2, 0.25) is 0 Å². The van der Waals surface area contributed by atoms with E-state index in [1.165, 1.54) is 0 Å². The van der Waals surface area contributed by atoms with Crippen molar-refractivity contribution in [2.75, 3.05) is 17.4 Å². The summed E-state index contributed by atoms with van der Waals surface area (Å²) in [6.07, 6.45) is -4.90. The number of ether oxygens (including phenoxy) is 1. The Kier molecular flexibility index (Phi) is 6.80. The quantitative estimate of drug-likeness (QED) is 0.298. The maximum absolute atomic E-state index is 13.6. The molecule has 30 heavy (non-hydrogen) atoms. The van der Waals surface area contributed by atoms with E-state index in [1.54, 1.807) is 5.48 Å². The number of halogens is 6. The normalized spacial score (nSPS) is 13.5. The van der Waals surface area contributed by atoms with Gasteiger partial charge in [0.05, 0.1) is 11.3 Å². The highest BCUT2D eigenvalue weighted by molar-refractivity contribution is 5.97. The molecule has 4 N–H and O–H groups in total. The van der Waals surface area contributed by atoms with Crippen molar-refractivity contribution in [3.63, 3.8) is 0 Å². The van der Waals surface area contributed by atoms with Crippen LogP contribution in [0, 0.1) is 17.5 Å². The number of benzene rings is 2. The molecule has 0 aliphatic heterocycles. The van der Waals surface area contributed by atoms with Gasteiger partial charge in [0.25, 0.3) is 5.91 Å². The molecule has 0 radical (unpaired) electrons. The number of amides is 1. The van der Waals surface area contributed by atoms with Crippen LogP contribution in [0.5, 0.6) is 5.75 Å². The second-order valence-corrected chi connectivity index (χ2v) is 6.17. The van der Waals surface area contributed by atoms with Crippen molar-refractivity contribution in [3.8, 4) is 5.75 Å². The van der Waals surface area contributed by atoms with Crippen molar-refractivity contribution in [2.45, 2.75) is 18.7 Å². The molecule has 0 spiro atoms. The van der Waals surface area contributed by atoms with Gasteiger partial charge in [-0.1, -0.05) is 0 Å². The summed E-state index contributed by atoms with van der Waals surface area (Å²) in [6, 6.07) is 2.93. The Bertz CT molecular complexity index is 912. The van der Waals surface area contributed by atoms with Gasteiger partial charge in [0.15, 0.2) is 23.0 Å². The molecule has 0 saturated carbocycles. The number of hydrogen-bond acceptors (Lipinski definition) is 6. The Morgan fingerprint density at radius 2 is 1.70 bits per heavy atom. The summed E-state index contributed by atoms with van der Waals surface area (Å²) in [7, 11) is 0. The molecule has 0 aliphatic carbocycles. The molecule has 0 bridgehead atoms. The molecule has 0 saturated heterocycles. The lowest BCUT2D eigenvalue weighted by molar-refractivity contribution is -0.216. The van der Waals surface area contributed by atoms with Crippen LogP contribution in [0.1, 0.15) is 12.5 Å². The van der Waals surface area contributed by atoms with E-state index in [0.717, 1.165) is 19.1 Å². The number of nitrogens with one attached hydrogen (secondary N) is 2.